The van der Waals surface area contributed by atoms with Crippen molar-refractivity contribution >= 4 is 0 Å². The van der Waals surface area contributed by atoms with Gasteiger partial charge in [-0.25, -0.2) is 0 Å². The predicted octanol–water partition coefficient (Wildman–Crippen LogP) is -0.367. The molecule has 0 aliphatic rings. The predicted molar refractivity (Wildman–Crippen MR) is 40.3 cm³/mol. The van der Waals surface area contributed by atoms with Crippen LogP contribution < -0.4 is 0 Å². The second-order valence-electron chi connectivity index (χ2n) is 2.14. The molecule has 6 heteroatoms. The number of rotatable bonds is 6. The van der Waals surface area contributed by atoms with Gasteiger partial charge in [0, 0.05) is 18.6 Å². The number of ether oxygens (including phenoxy) is 2. The van der Waals surface area contributed by atoms with E-state index in [1.165, 1.54) is 7.11 Å². The number of nitro groups is 1. The molecule has 0 fully saturated rings. The zero-order valence-corrected chi connectivity index (χ0v) is 7.10. The molecule has 12 heavy (non-hydrogen) atoms. The average molecular weight is 179 g/mol. The van der Waals surface area contributed by atoms with Gasteiger partial charge in [0.05, 0.1) is 0 Å². The third kappa shape index (κ3) is 3.61. The van der Waals surface area contributed by atoms with Crippen molar-refractivity contribution in [1.82, 2.24) is 0 Å². The Morgan fingerprint density at radius 2 is 2.25 bits per heavy atom. The lowest BCUT2D eigenvalue weighted by atomic mass is 10.3. The molecule has 2 atom stereocenters. The number of hydrogen-bond acceptors (Lipinski definition) is 5. The first-order valence-electron chi connectivity index (χ1n) is 3.55. The maximum Gasteiger partial charge on any atom is 0.285 e. The summed E-state index contributed by atoms with van der Waals surface area (Å²) in [5, 5.41) is 19.3. The van der Waals surface area contributed by atoms with Crippen LogP contribution >= 0.6 is 0 Å². The largest absolute Gasteiger partial charge is 0.374 e. The summed E-state index contributed by atoms with van der Waals surface area (Å²) in [6.07, 6.45) is -1.41. The third-order valence-electron chi connectivity index (χ3n) is 1.33. The van der Waals surface area contributed by atoms with E-state index in [2.05, 4.69) is 4.74 Å². The van der Waals surface area contributed by atoms with E-state index in [0.717, 1.165) is 0 Å². The van der Waals surface area contributed by atoms with Crippen molar-refractivity contribution in [2.24, 2.45) is 0 Å². The summed E-state index contributed by atoms with van der Waals surface area (Å²) in [5.41, 5.74) is 0. The highest BCUT2D eigenvalue weighted by atomic mass is 16.7. The van der Waals surface area contributed by atoms with E-state index in [9.17, 15) is 10.1 Å². The molecular formula is C6H13NO5. The molecule has 0 unspecified atom stereocenters. The van der Waals surface area contributed by atoms with E-state index in [1.54, 1.807) is 6.92 Å². The first-order valence-corrected chi connectivity index (χ1v) is 3.55. The minimum Gasteiger partial charge on any atom is -0.374 e. The van der Waals surface area contributed by atoms with Gasteiger partial charge in [0.1, 0.15) is 6.61 Å². The molecule has 0 saturated carbocycles. The summed E-state index contributed by atoms with van der Waals surface area (Å²) >= 11 is 0. The second-order valence-corrected chi connectivity index (χ2v) is 2.14. The van der Waals surface area contributed by atoms with E-state index in [-0.39, 0.29) is 6.61 Å². The Kier molecular flexibility index (Phi) is 5.52. The summed E-state index contributed by atoms with van der Waals surface area (Å²) in [4.78, 5) is 9.67. The van der Waals surface area contributed by atoms with Gasteiger partial charge >= 0.3 is 0 Å². The Labute approximate surface area is 70.2 Å². The Morgan fingerprint density at radius 3 is 2.58 bits per heavy atom. The number of aliphatic hydroxyl groups is 1. The Hall–Kier alpha value is -0.720. The van der Waals surface area contributed by atoms with Crippen LogP contribution in [0.3, 0.4) is 0 Å². The molecule has 0 aromatic rings. The molecule has 72 valence electrons. The van der Waals surface area contributed by atoms with Crippen molar-refractivity contribution < 1.29 is 19.5 Å². The SMILES string of the molecule is CCOC[C@@H]([C@H](O)OC)[N+](=O)[O-]. The molecule has 0 aliphatic heterocycles. The molecular weight excluding hydrogens is 166 g/mol. The van der Waals surface area contributed by atoms with Gasteiger partial charge in [-0.15, -0.1) is 0 Å². The number of nitrogens with zero attached hydrogens (tertiary/aromatic N) is 1. The van der Waals surface area contributed by atoms with Crippen LogP contribution in [0.1, 0.15) is 6.92 Å². The lowest BCUT2D eigenvalue weighted by Gasteiger charge is -2.13. The van der Waals surface area contributed by atoms with Crippen LogP contribution in [0, 0.1) is 10.1 Å². The van der Waals surface area contributed by atoms with E-state index >= 15 is 0 Å². The van der Waals surface area contributed by atoms with Crippen molar-refractivity contribution in [3.8, 4) is 0 Å². The number of aliphatic hydroxyl groups excluding tert-OH is 1. The van der Waals surface area contributed by atoms with Crippen LogP contribution in [-0.4, -0.2) is 42.7 Å². The van der Waals surface area contributed by atoms with E-state index < -0.39 is 17.3 Å². The Morgan fingerprint density at radius 1 is 1.67 bits per heavy atom. The average Bonchev–Trinajstić information content (AvgIpc) is 2.04. The van der Waals surface area contributed by atoms with E-state index in [0.29, 0.717) is 6.61 Å². The normalized spacial score (nSPS) is 15.6. The van der Waals surface area contributed by atoms with Gasteiger partial charge in [-0.3, -0.25) is 10.1 Å². The van der Waals surface area contributed by atoms with Gasteiger partial charge < -0.3 is 14.6 Å². The summed E-state index contributed by atoms with van der Waals surface area (Å²) < 4.78 is 9.20. The van der Waals surface area contributed by atoms with Crippen molar-refractivity contribution in [3.05, 3.63) is 10.1 Å². The molecule has 0 aromatic heterocycles. The fraction of sp³-hybridized carbons (Fsp3) is 1.00. The van der Waals surface area contributed by atoms with Crippen molar-refractivity contribution in [2.75, 3.05) is 20.3 Å². The molecule has 0 bridgehead atoms. The highest BCUT2D eigenvalue weighted by Crippen LogP contribution is 1.99. The Bertz CT molecular complexity index is 140. The Balaban J connectivity index is 3.94. The highest BCUT2D eigenvalue weighted by Gasteiger charge is 2.29. The van der Waals surface area contributed by atoms with Gasteiger partial charge in [0.25, 0.3) is 6.04 Å². The molecule has 0 amide bonds. The van der Waals surface area contributed by atoms with Crippen LogP contribution in [0.4, 0.5) is 0 Å². The summed E-state index contributed by atoms with van der Waals surface area (Å²) in [6, 6.07) is -1.21. The van der Waals surface area contributed by atoms with Crippen LogP contribution in [0.15, 0.2) is 0 Å². The lowest BCUT2D eigenvalue weighted by Crippen LogP contribution is -2.38. The van der Waals surface area contributed by atoms with Gasteiger partial charge in [-0.2, -0.15) is 0 Å². The third-order valence-corrected chi connectivity index (χ3v) is 1.33. The molecule has 0 rings (SSSR count). The molecule has 0 radical (unpaired) electrons. The molecule has 0 aromatic carbocycles. The standard InChI is InChI=1S/C6H13NO5/c1-3-12-4-5(7(9)10)6(8)11-2/h5-6,8H,3-4H2,1-2H3/t5-,6+/m0/s1. The molecule has 0 saturated heterocycles. The summed E-state index contributed by atoms with van der Waals surface area (Å²) in [5.74, 6) is 0. The van der Waals surface area contributed by atoms with Gasteiger partial charge in [0.2, 0.25) is 6.29 Å². The fourth-order valence-electron chi connectivity index (χ4n) is 0.643. The minimum atomic E-state index is -1.41. The fourth-order valence-corrected chi connectivity index (χ4v) is 0.643. The zero-order valence-electron chi connectivity index (χ0n) is 7.10. The highest BCUT2D eigenvalue weighted by molar-refractivity contribution is 4.57. The van der Waals surface area contributed by atoms with E-state index in [1.807, 2.05) is 0 Å². The minimum absolute atomic E-state index is 0.140. The van der Waals surface area contributed by atoms with Crippen LogP contribution in [0.2, 0.25) is 0 Å². The molecule has 6 nitrogen and oxygen atoms in total. The molecule has 0 aliphatic carbocycles. The summed E-state index contributed by atoms with van der Waals surface area (Å²) in [6.45, 7) is 1.95. The molecule has 0 heterocycles. The van der Waals surface area contributed by atoms with Gasteiger partial charge in [-0.05, 0) is 6.92 Å². The summed E-state index contributed by atoms with van der Waals surface area (Å²) in [7, 11) is 1.20. The second kappa shape index (κ2) is 5.87. The zero-order chi connectivity index (χ0) is 9.56. The first kappa shape index (κ1) is 11.3. The lowest BCUT2D eigenvalue weighted by molar-refractivity contribution is -0.550. The van der Waals surface area contributed by atoms with Crippen molar-refractivity contribution in [2.45, 2.75) is 19.3 Å². The maximum absolute atomic E-state index is 10.3. The van der Waals surface area contributed by atoms with Gasteiger partial charge in [0.15, 0.2) is 0 Å². The smallest absolute Gasteiger partial charge is 0.285 e. The van der Waals surface area contributed by atoms with Crippen LogP contribution in [0.5, 0.6) is 0 Å². The number of methoxy groups -OCH3 is 1. The maximum atomic E-state index is 10.3. The van der Waals surface area contributed by atoms with Crippen LogP contribution in [-0.2, 0) is 9.47 Å². The van der Waals surface area contributed by atoms with Gasteiger partial charge in [-0.1, -0.05) is 0 Å². The molecule has 0 spiro atoms. The number of hydrogen-bond donors (Lipinski definition) is 1. The van der Waals surface area contributed by atoms with E-state index in [4.69, 9.17) is 9.84 Å². The van der Waals surface area contributed by atoms with Crippen molar-refractivity contribution in [3.63, 3.8) is 0 Å². The topological polar surface area (TPSA) is 81.8 Å². The van der Waals surface area contributed by atoms with Crippen molar-refractivity contribution in [1.29, 1.82) is 0 Å². The van der Waals surface area contributed by atoms with Crippen LogP contribution in [0.25, 0.3) is 0 Å². The monoisotopic (exact) mass is 179 g/mol. The quantitative estimate of drug-likeness (QED) is 0.342. The molecule has 1 N–H and O–H groups in total. The first-order chi connectivity index (χ1) is 5.63.